The lowest BCUT2D eigenvalue weighted by atomic mass is 10.4. The lowest BCUT2D eigenvalue weighted by Crippen LogP contribution is -2.15. The zero-order valence-corrected chi connectivity index (χ0v) is 9.77. The van der Waals surface area contributed by atoms with Gasteiger partial charge in [0.2, 0.25) is 0 Å². The SMILES string of the molecule is c1csc(CNCCSc2ncn[nH]2)c1. The Hall–Kier alpha value is -0.850. The second kappa shape index (κ2) is 5.89. The highest BCUT2D eigenvalue weighted by atomic mass is 32.2. The number of nitrogens with zero attached hydrogens (tertiary/aromatic N) is 2. The molecule has 0 aliphatic rings. The van der Waals surface area contributed by atoms with Gasteiger partial charge < -0.3 is 5.32 Å². The Morgan fingerprint density at radius 3 is 3.27 bits per heavy atom. The van der Waals surface area contributed by atoms with Gasteiger partial charge in [-0.25, -0.2) is 4.98 Å². The number of hydrogen-bond donors (Lipinski definition) is 2. The van der Waals surface area contributed by atoms with Crippen LogP contribution in [0.25, 0.3) is 0 Å². The van der Waals surface area contributed by atoms with E-state index in [0.717, 1.165) is 24.0 Å². The average Bonchev–Trinajstić information content (AvgIpc) is 2.88. The lowest BCUT2D eigenvalue weighted by molar-refractivity contribution is 0.740. The number of aromatic nitrogens is 3. The van der Waals surface area contributed by atoms with Crippen molar-refractivity contribution in [2.75, 3.05) is 12.3 Å². The molecule has 0 bridgehead atoms. The first kappa shape index (κ1) is 10.7. The maximum absolute atomic E-state index is 4.03. The van der Waals surface area contributed by atoms with E-state index >= 15 is 0 Å². The molecule has 0 fully saturated rings. The summed E-state index contributed by atoms with van der Waals surface area (Å²) in [4.78, 5) is 5.41. The third kappa shape index (κ3) is 3.65. The molecule has 80 valence electrons. The first-order valence-corrected chi connectivity index (χ1v) is 6.53. The van der Waals surface area contributed by atoms with Gasteiger partial charge in [0.1, 0.15) is 6.33 Å². The molecule has 0 aromatic carbocycles. The summed E-state index contributed by atoms with van der Waals surface area (Å²) in [7, 11) is 0. The van der Waals surface area contributed by atoms with Gasteiger partial charge in [0.25, 0.3) is 0 Å². The van der Waals surface area contributed by atoms with Crippen molar-refractivity contribution in [1.29, 1.82) is 0 Å². The number of hydrogen-bond acceptors (Lipinski definition) is 5. The Balaban J connectivity index is 1.56. The molecule has 0 spiro atoms. The van der Waals surface area contributed by atoms with Crippen molar-refractivity contribution in [2.24, 2.45) is 0 Å². The lowest BCUT2D eigenvalue weighted by Gasteiger charge is -2.00. The van der Waals surface area contributed by atoms with Crippen molar-refractivity contribution < 1.29 is 0 Å². The van der Waals surface area contributed by atoms with Crippen LogP contribution in [-0.2, 0) is 6.54 Å². The number of aromatic amines is 1. The van der Waals surface area contributed by atoms with Crippen LogP contribution in [-0.4, -0.2) is 27.5 Å². The Kier molecular flexibility index (Phi) is 4.19. The van der Waals surface area contributed by atoms with Gasteiger partial charge in [0, 0.05) is 23.7 Å². The zero-order valence-electron chi connectivity index (χ0n) is 8.14. The molecular weight excluding hydrogens is 228 g/mol. The van der Waals surface area contributed by atoms with Crippen LogP contribution >= 0.6 is 23.1 Å². The molecule has 2 aromatic heterocycles. The van der Waals surface area contributed by atoms with Gasteiger partial charge in [0.15, 0.2) is 5.16 Å². The zero-order chi connectivity index (χ0) is 10.3. The average molecular weight is 240 g/mol. The predicted molar refractivity (Wildman–Crippen MR) is 63.1 cm³/mol. The van der Waals surface area contributed by atoms with E-state index in [1.165, 1.54) is 11.2 Å². The van der Waals surface area contributed by atoms with Gasteiger partial charge in [-0.3, -0.25) is 5.10 Å². The summed E-state index contributed by atoms with van der Waals surface area (Å²) in [6.07, 6.45) is 1.53. The summed E-state index contributed by atoms with van der Waals surface area (Å²) >= 11 is 3.46. The standard InChI is InChI=1S/C9H12N4S2/c1-2-8(14-4-1)6-10-3-5-15-9-11-7-12-13-9/h1-2,4,7,10H,3,5-6H2,(H,11,12,13). The van der Waals surface area contributed by atoms with Crippen LogP contribution in [0.2, 0.25) is 0 Å². The third-order valence-electron chi connectivity index (χ3n) is 1.79. The normalized spacial score (nSPS) is 10.7. The van der Waals surface area contributed by atoms with Crippen molar-refractivity contribution in [1.82, 2.24) is 20.5 Å². The highest BCUT2D eigenvalue weighted by Gasteiger charge is 1.96. The number of H-pyrrole nitrogens is 1. The minimum Gasteiger partial charge on any atom is -0.311 e. The van der Waals surface area contributed by atoms with E-state index < -0.39 is 0 Å². The maximum Gasteiger partial charge on any atom is 0.183 e. The van der Waals surface area contributed by atoms with E-state index in [1.807, 2.05) is 0 Å². The number of thioether (sulfide) groups is 1. The molecule has 4 nitrogen and oxygen atoms in total. The van der Waals surface area contributed by atoms with Gasteiger partial charge in [0.05, 0.1) is 0 Å². The fraction of sp³-hybridized carbons (Fsp3) is 0.333. The summed E-state index contributed by atoms with van der Waals surface area (Å²) < 4.78 is 0. The van der Waals surface area contributed by atoms with E-state index in [9.17, 15) is 0 Å². The molecule has 0 aliphatic carbocycles. The fourth-order valence-corrected chi connectivity index (χ4v) is 2.46. The Labute approximate surface area is 96.5 Å². The largest absolute Gasteiger partial charge is 0.311 e. The molecule has 0 aliphatic heterocycles. The van der Waals surface area contributed by atoms with Gasteiger partial charge >= 0.3 is 0 Å². The van der Waals surface area contributed by atoms with Crippen LogP contribution < -0.4 is 5.32 Å². The van der Waals surface area contributed by atoms with Crippen molar-refractivity contribution in [2.45, 2.75) is 11.7 Å². The number of nitrogens with one attached hydrogen (secondary N) is 2. The molecule has 2 N–H and O–H groups in total. The Bertz CT molecular complexity index is 321. The van der Waals surface area contributed by atoms with Gasteiger partial charge in [-0.15, -0.1) is 11.3 Å². The van der Waals surface area contributed by atoms with Crippen LogP contribution in [0, 0.1) is 0 Å². The van der Waals surface area contributed by atoms with Crippen molar-refractivity contribution in [3.8, 4) is 0 Å². The first-order valence-electron chi connectivity index (χ1n) is 4.66. The smallest absolute Gasteiger partial charge is 0.183 e. The highest BCUT2D eigenvalue weighted by Crippen LogP contribution is 2.10. The topological polar surface area (TPSA) is 53.6 Å². The molecule has 6 heteroatoms. The molecule has 2 aromatic rings. The van der Waals surface area contributed by atoms with Crippen LogP contribution in [0.15, 0.2) is 29.0 Å². The first-order chi connectivity index (χ1) is 7.45. The van der Waals surface area contributed by atoms with Gasteiger partial charge in [-0.2, -0.15) is 5.10 Å². The van der Waals surface area contributed by atoms with Crippen LogP contribution in [0.1, 0.15) is 4.88 Å². The van der Waals surface area contributed by atoms with Crippen molar-refractivity contribution >= 4 is 23.1 Å². The Morgan fingerprint density at radius 2 is 2.53 bits per heavy atom. The minimum absolute atomic E-state index is 0.882. The van der Waals surface area contributed by atoms with E-state index in [-0.39, 0.29) is 0 Å². The monoisotopic (exact) mass is 240 g/mol. The van der Waals surface area contributed by atoms with E-state index in [1.54, 1.807) is 23.1 Å². The summed E-state index contributed by atoms with van der Waals surface area (Å²) in [6.45, 7) is 1.93. The summed E-state index contributed by atoms with van der Waals surface area (Å²) in [6, 6.07) is 4.21. The highest BCUT2D eigenvalue weighted by molar-refractivity contribution is 7.99. The molecule has 0 atom stereocenters. The summed E-state index contributed by atoms with van der Waals surface area (Å²) in [5.74, 6) is 1.00. The molecule has 0 saturated heterocycles. The van der Waals surface area contributed by atoms with Crippen LogP contribution in [0.5, 0.6) is 0 Å². The van der Waals surface area contributed by atoms with Crippen molar-refractivity contribution in [3.63, 3.8) is 0 Å². The molecule has 0 saturated carbocycles. The molecule has 0 amide bonds. The second-order valence-electron chi connectivity index (χ2n) is 2.90. The molecule has 0 radical (unpaired) electrons. The Morgan fingerprint density at radius 1 is 1.53 bits per heavy atom. The predicted octanol–water partition coefficient (Wildman–Crippen LogP) is 1.75. The molecular formula is C9H12N4S2. The molecule has 0 unspecified atom stereocenters. The summed E-state index contributed by atoms with van der Waals surface area (Å²) in [5.41, 5.74) is 0. The molecule has 2 heterocycles. The minimum atomic E-state index is 0.882. The van der Waals surface area contributed by atoms with Gasteiger partial charge in [-0.05, 0) is 11.4 Å². The van der Waals surface area contributed by atoms with Crippen molar-refractivity contribution in [3.05, 3.63) is 28.7 Å². The molecule has 2 rings (SSSR count). The number of rotatable bonds is 6. The summed E-state index contributed by atoms with van der Waals surface area (Å²) in [5, 5.41) is 13.0. The molecule has 15 heavy (non-hydrogen) atoms. The second-order valence-corrected chi connectivity index (χ2v) is 5.01. The van der Waals surface area contributed by atoms with Gasteiger partial charge in [-0.1, -0.05) is 17.8 Å². The number of thiophene rings is 1. The quantitative estimate of drug-likeness (QED) is 0.596. The van der Waals surface area contributed by atoms with E-state index in [0.29, 0.717) is 0 Å². The van der Waals surface area contributed by atoms with E-state index in [4.69, 9.17) is 0 Å². The third-order valence-corrected chi connectivity index (χ3v) is 3.54. The van der Waals surface area contributed by atoms with Crippen LogP contribution in [0.4, 0.5) is 0 Å². The van der Waals surface area contributed by atoms with E-state index in [2.05, 4.69) is 38.0 Å². The fourth-order valence-electron chi connectivity index (χ4n) is 1.11. The maximum atomic E-state index is 4.03. The van der Waals surface area contributed by atoms with Crippen LogP contribution in [0.3, 0.4) is 0 Å².